The monoisotopic (exact) mass is 520 g/mol. The summed E-state index contributed by atoms with van der Waals surface area (Å²) in [7, 11) is 6.71. The van der Waals surface area contributed by atoms with Crippen LogP contribution in [0.3, 0.4) is 0 Å². The van der Waals surface area contributed by atoms with Crippen molar-refractivity contribution < 1.29 is 19.0 Å². The van der Waals surface area contributed by atoms with Crippen LogP contribution in [0, 0.1) is 5.92 Å². The summed E-state index contributed by atoms with van der Waals surface area (Å²) in [5, 5.41) is 6.63. The van der Waals surface area contributed by atoms with Crippen LogP contribution >= 0.6 is 24.0 Å². The molecule has 0 saturated carbocycles. The number of hydrogen-bond acceptors (Lipinski definition) is 5. The Kier molecular flexibility index (Phi) is 11.7. The number of ether oxygens (including phenoxy) is 3. The van der Waals surface area contributed by atoms with Gasteiger partial charge in [-0.1, -0.05) is 6.07 Å². The van der Waals surface area contributed by atoms with E-state index in [4.69, 9.17) is 14.2 Å². The minimum absolute atomic E-state index is 0. The van der Waals surface area contributed by atoms with E-state index in [-0.39, 0.29) is 36.4 Å². The van der Waals surface area contributed by atoms with Gasteiger partial charge in [-0.3, -0.25) is 4.79 Å². The summed E-state index contributed by atoms with van der Waals surface area (Å²) in [4.78, 5) is 17.8. The van der Waals surface area contributed by atoms with Crippen LogP contribution in [0.2, 0.25) is 0 Å². The molecule has 9 heteroatoms. The van der Waals surface area contributed by atoms with E-state index in [0.29, 0.717) is 29.9 Å². The lowest BCUT2D eigenvalue weighted by Crippen LogP contribution is -2.41. The highest BCUT2D eigenvalue weighted by molar-refractivity contribution is 14.0. The van der Waals surface area contributed by atoms with Gasteiger partial charge in [-0.2, -0.15) is 0 Å². The molecule has 1 atom stereocenters. The van der Waals surface area contributed by atoms with Gasteiger partial charge in [0.2, 0.25) is 5.91 Å². The van der Waals surface area contributed by atoms with Gasteiger partial charge in [-0.25, -0.2) is 4.99 Å². The molecule has 1 unspecified atom stereocenters. The molecule has 1 aliphatic rings. The molecule has 1 amide bonds. The van der Waals surface area contributed by atoms with E-state index >= 15 is 0 Å². The lowest BCUT2D eigenvalue weighted by molar-refractivity contribution is -0.127. The number of carbonyl (C=O) groups is 1. The molecule has 1 aromatic rings. The molecule has 164 valence electrons. The number of aliphatic imine (C=N–C) groups is 1. The maximum atomic E-state index is 11.9. The van der Waals surface area contributed by atoms with Crippen LogP contribution in [0.4, 0.5) is 0 Å². The number of nitrogens with zero attached hydrogens (tertiary/aromatic N) is 2. The summed E-state index contributed by atoms with van der Waals surface area (Å²) in [6.07, 6.45) is 1.83. The van der Waals surface area contributed by atoms with Gasteiger partial charge in [0.05, 0.1) is 20.8 Å². The van der Waals surface area contributed by atoms with E-state index < -0.39 is 0 Å². The molecule has 0 bridgehead atoms. The normalized spacial score (nSPS) is 16.0. The van der Waals surface area contributed by atoms with Crippen molar-refractivity contribution in [2.75, 3.05) is 61.2 Å². The summed E-state index contributed by atoms with van der Waals surface area (Å²) in [6, 6.07) is 5.88. The molecule has 1 aliphatic heterocycles. The summed E-state index contributed by atoms with van der Waals surface area (Å²) < 4.78 is 16.0. The van der Waals surface area contributed by atoms with Crippen molar-refractivity contribution in [3.05, 3.63) is 23.8 Å². The van der Waals surface area contributed by atoms with Gasteiger partial charge < -0.3 is 29.7 Å². The molecule has 0 radical (unpaired) electrons. The molecule has 1 saturated heterocycles. The number of rotatable bonds is 9. The second kappa shape index (κ2) is 13.5. The maximum absolute atomic E-state index is 11.9. The molecule has 1 heterocycles. The van der Waals surface area contributed by atoms with Gasteiger partial charge in [0.1, 0.15) is 6.54 Å². The molecular formula is C20H33IN4O4. The second-order valence-electron chi connectivity index (χ2n) is 6.93. The fourth-order valence-electron chi connectivity index (χ4n) is 2.81. The van der Waals surface area contributed by atoms with Gasteiger partial charge in [-0.15, -0.1) is 24.0 Å². The van der Waals surface area contributed by atoms with Crippen molar-refractivity contribution >= 4 is 35.8 Å². The van der Waals surface area contributed by atoms with Crippen LogP contribution < -0.4 is 20.1 Å². The van der Waals surface area contributed by atoms with Crippen LogP contribution in [0.25, 0.3) is 0 Å². The molecule has 2 N–H and O–H groups in total. The number of halogens is 1. The highest BCUT2D eigenvalue weighted by Crippen LogP contribution is 2.27. The van der Waals surface area contributed by atoms with E-state index in [1.54, 1.807) is 28.3 Å². The number of benzene rings is 1. The fraction of sp³-hybridized carbons (Fsp3) is 0.600. The molecule has 0 spiro atoms. The Balaban J connectivity index is 0.00000420. The summed E-state index contributed by atoms with van der Waals surface area (Å²) >= 11 is 0. The smallest absolute Gasteiger partial charge is 0.243 e. The van der Waals surface area contributed by atoms with Gasteiger partial charge in [0.15, 0.2) is 17.5 Å². The zero-order chi connectivity index (χ0) is 20.4. The largest absolute Gasteiger partial charge is 0.493 e. The number of guanidine groups is 1. The van der Waals surface area contributed by atoms with Crippen molar-refractivity contribution in [2.45, 2.75) is 12.8 Å². The van der Waals surface area contributed by atoms with Crippen molar-refractivity contribution in [1.82, 2.24) is 15.5 Å². The van der Waals surface area contributed by atoms with E-state index in [9.17, 15) is 4.79 Å². The Morgan fingerprint density at radius 2 is 2.00 bits per heavy atom. The van der Waals surface area contributed by atoms with Gasteiger partial charge in [0, 0.05) is 39.7 Å². The van der Waals surface area contributed by atoms with E-state index in [0.717, 1.165) is 38.2 Å². The van der Waals surface area contributed by atoms with Gasteiger partial charge >= 0.3 is 0 Å². The molecular weight excluding hydrogens is 487 g/mol. The Bertz CT molecular complexity index is 664. The van der Waals surface area contributed by atoms with Crippen molar-refractivity contribution in [2.24, 2.45) is 10.9 Å². The third-order valence-corrected chi connectivity index (χ3v) is 4.61. The van der Waals surface area contributed by atoms with Crippen LogP contribution in [-0.4, -0.2) is 77.9 Å². The topological polar surface area (TPSA) is 84.4 Å². The molecule has 8 nitrogen and oxygen atoms in total. The summed E-state index contributed by atoms with van der Waals surface area (Å²) in [5.74, 6) is 2.50. The molecule has 1 aromatic carbocycles. The predicted octanol–water partition coefficient (Wildman–Crippen LogP) is 1.52. The zero-order valence-electron chi connectivity index (χ0n) is 17.7. The average Bonchev–Trinajstić information content (AvgIpc) is 3.22. The lowest BCUT2D eigenvalue weighted by atomic mass is 10.1. The highest BCUT2D eigenvalue weighted by atomic mass is 127. The Morgan fingerprint density at radius 1 is 1.24 bits per heavy atom. The van der Waals surface area contributed by atoms with Gasteiger partial charge in [0.25, 0.3) is 0 Å². The third-order valence-electron chi connectivity index (χ3n) is 4.61. The molecule has 0 aliphatic carbocycles. The van der Waals surface area contributed by atoms with E-state index in [1.807, 2.05) is 18.2 Å². The van der Waals surface area contributed by atoms with Gasteiger partial charge in [-0.05, 0) is 30.5 Å². The minimum Gasteiger partial charge on any atom is -0.493 e. The molecule has 0 aromatic heterocycles. The summed E-state index contributed by atoms with van der Waals surface area (Å²) in [6.45, 7) is 3.14. The average molecular weight is 520 g/mol. The first-order chi connectivity index (χ1) is 13.5. The quantitative estimate of drug-likeness (QED) is 0.292. The van der Waals surface area contributed by atoms with Crippen molar-refractivity contribution in [1.29, 1.82) is 0 Å². The third kappa shape index (κ3) is 8.65. The number of amides is 1. The first-order valence-electron chi connectivity index (χ1n) is 9.54. The van der Waals surface area contributed by atoms with Crippen LogP contribution in [0.5, 0.6) is 11.5 Å². The molecule has 2 rings (SSSR count). The standard InChI is InChI=1S/C20H32N4O4.HI/c1-24(2)19(25)13-23-20(22-12-16-8-10-28-14-16)21-9-7-15-5-6-17(26-3)18(11-15)27-4;/h5-6,11,16H,7-10,12-14H2,1-4H3,(H2,21,22,23);1H. The SMILES string of the molecule is COc1ccc(CCNC(=NCC(=O)N(C)C)NCC2CCOC2)cc1OC.I. The Hall–Kier alpha value is -1.75. The number of nitrogens with one attached hydrogen (secondary N) is 2. The number of carbonyl (C=O) groups excluding carboxylic acids is 1. The van der Waals surface area contributed by atoms with Crippen LogP contribution in [-0.2, 0) is 16.0 Å². The van der Waals surface area contributed by atoms with Crippen molar-refractivity contribution in [3.8, 4) is 11.5 Å². The first kappa shape index (κ1) is 25.3. The Labute approximate surface area is 190 Å². The predicted molar refractivity (Wildman–Crippen MR) is 125 cm³/mol. The highest BCUT2D eigenvalue weighted by Gasteiger charge is 2.16. The van der Waals surface area contributed by atoms with E-state index in [2.05, 4.69) is 15.6 Å². The van der Waals surface area contributed by atoms with Crippen molar-refractivity contribution in [3.63, 3.8) is 0 Å². The first-order valence-corrected chi connectivity index (χ1v) is 9.54. The fourth-order valence-corrected chi connectivity index (χ4v) is 2.81. The Morgan fingerprint density at radius 3 is 2.62 bits per heavy atom. The number of methoxy groups -OCH3 is 2. The minimum atomic E-state index is -0.0369. The van der Waals surface area contributed by atoms with E-state index in [1.165, 1.54) is 4.90 Å². The molecule has 29 heavy (non-hydrogen) atoms. The second-order valence-corrected chi connectivity index (χ2v) is 6.93. The lowest BCUT2D eigenvalue weighted by Gasteiger charge is -2.16. The number of hydrogen-bond donors (Lipinski definition) is 2. The molecule has 1 fully saturated rings. The van der Waals surface area contributed by atoms with Crippen LogP contribution in [0.1, 0.15) is 12.0 Å². The summed E-state index contributed by atoms with van der Waals surface area (Å²) in [5.41, 5.74) is 1.12. The number of likely N-dealkylation sites (N-methyl/N-ethyl adjacent to an activating group) is 1. The van der Waals surface area contributed by atoms with Crippen LogP contribution in [0.15, 0.2) is 23.2 Å². The maximum Gasteiger partial charge on any atom is 0.243 e. The zero-order valence-corrected chi connectivity index (χ0v) is 20.0.